The Hall–Kier alpha value is 0.490. The second kappa shape index (κ2) is 9.40. The first kappa shape index (κ1) is 18.5. The van der Waals surface area contributed by atoms with E-state index in [9.17, 15) is 0 Å². The maximum absolute atomic E-state index is 6.26. The van der Waals surface area contributed by atoms with Gasteiger partial charge in [-0.15, -0.1) is 36.2 Å². The van der Waals surface area contributed by atoms with Crippen molar-refractivity contribution in [2.45, 2.75) is 25.8 Å². The fourth-order valence-corrected chi connectivity index (χ4v) is 3.64. The lowest BCUT2D eigenvalue weighted by molar-refractivity contribution is 0.167. The molecule has 106 valence electrons. The summed E-state index contributed by atoms with van der Waals surface area (Å²) in [4.78, 5) is 3.92. The van der Waals surface area contributed by atoms with E-state index >= 15 is 0 Å². The van der Waals surface area contributed by atoms with Gasteiger partial charge in [-0.25, -0.2) is 0 Å². The SMILES string of the molecule is CCC[C@H](c1sccc1Cl)N1CCNCC1.Cl.Cl. The third-order valence-corrected chi connectivity index (χ3v) is 4.56. The number of thiophene rings is 1. The van der Waals surface area contributed by atoms with Crippen molar-refractivity contribution in [3.05, 3.63) is 21.3 Å². The normalized spacial score (nSPS) is 17.7. The Kier molecular flexibility index (Phi) is 9.66. The van der Waals surface area contributed by atoms with Crippen LogP contribution in [0.15, 0.2) is 11.4 Å². The lowest BCUT2D eigenvalue weighted by Crippen LogP contribution is -2.45. The molecule has 1 aromatic rings. The molecule has 0 saturated carbocycles. The van der Waals surface area contributed by atoms with Crippen LogP contribution in [0.5, 0.6) is 0 Å². The molecule has 1 atom stereocenters. The standard InChI is InChI=1S/C12H19ClN2S.2ClH/c1-2-3-11(12-10(13)4-9-16-12)15-7-5-14-6-8-15;;/h4,9,11,14H,2-3,5-8H2,1H3;2*1H/t11-;;/m1../s1. The number of hydrogen-bond donors (Lipinski definition) is 1. The minimum atomic E-state index is 0. The van der Waals surface area contributed by atoms with E-state index in [1.165, 1.54) is 17.7 Å². The van der Waals surface area contributed by atoms with Crippen LogP contribution in [-0.2, 0) is 0 Å². The van der Waals surface area contributed by atoms with Gasteiger partial charge in [0.1, 0.15) is 0 Å². The number of nitrogens with one attached hydrogen (secondary N) is 1. The van der Waals surface area contributed by atoms with Crippen LogP contribution in [0.3, 0.4) is 0 Å². The van der Waals surface area contributed by atoms with Crippen molar-refractivity contribution < 1.29 is 0 Å². The monoisotopic (exact) mass is 330 g/mol. The summed E-state index contributed by atoms with van der Waals surface area (Å²) in [5, 5.41) is 6.45. The van der Waals surface area contributed by atoms with Crippen LogP contribution in [0, 0.1) is 0 Å². The average molecular weight is 332 g/mol. The zero-order valence-electron chi connectivity index (χ0n) is 10.5. The Morgan fingerprint density at radius 1 is 1.39 bits per heavy atom. The highest BCUT2D eigenvalue weighted by atomic mass is 35.5. The minimum Gasteiger partial charge on any atom is -0.314 e. The van der Waals surface area contributed by atoms with Crippen LogP contribution in [0.25, 0.3) is 0 Å². The molecular weight excluding hydrogens is 311 g/mol. The highest BCUT2D eigenvalue weighted by Crippen LogP contribution is 2.35. The summed E-state index contributed by atoms with van der Waals surface area (Å²) in [6, 6.07) is 2.55. The maximum atomic E-state index is 6.26. The number of piperazine rings is 1. The molecule has 2 rings (SSSR count). The van der Waals surface area contributed by atoms with E-state index in [1.807, 2.05) is 6.07 Å². The zero-order chi connectivity index (χ0) is 11.4. The van der Waals surface area contributed by atoms with Gasteiger partial charge < -0.3 is 5.32 Å². The van der Waals surface area contributed by atoms with Gasteiger partial charge in [0.2, 0.25) is 0 Å². The van der Waals surface area contributed by atoms with E-state index in [1.54, 1.807) is 11.3 Å². The Morgan fingerprint density at radius 2 is 2.06 bits per heavy atom. The number of rotatable bonds is 4. The van der Waals surface area contributed by atoms with Crippen LogP contribution >= 0.6 is 47.8 Å². The molecular formula is C12H21Cl3N2S. The predicted molar refractivity (Wildman–Crippen MR) is 85.9 cm³/mol. The first-order valence-electron chi connectivity index (χ1n) is 6.00. The smallest absolute Gasteiger partial charge is 0.0561 e. The van der Waals surface area contributed by atoms with Gasteiger partial charge in [0.15, 0.2) is 0 Å². The van der Waals surface area contributed by atoms with Crippen LogP contribution < -0.4 is 5.32 Å². The van der Waals surface area contributed by atoms with E-state index in [-0.39, 0.29) is 24.8 Å². The first-order valence-corrected chi connectivity index (χ1v) is 7.26. The van der Waals surface area contributed by atoms with E-state index < -0.39 is 0 Å². The minimum absolute atomic E-state index is 0. The fraction of sp³-hybridized carbons (Fsp3) is 0.667. The van der Waals surface area contributed by atoms with Crippen LogP contribution in [-0.4, -0.2) is 31.1 Å². The van der Waals surface area contributed by atoms with Crippen molar-refractivity contribution in [2.24, 2.45) is 0 Å². The molecule has 1 N–H and O–H groups in total. The molecule has 0 amide bonds. The van der Waals surface area contributed by atoms with Crippen LogP contribution in [0.2, 0.25) is 5.02 Å². The van der Waals surface area contributed by atoms with E-state index in [4.69, 9.17) is 11.6 Å². The molecule has 0 bridgehead atoms. The van der Waals surface area contributed by atoms with Gasteiger partial charge >= 0.3 is 0 Å². The van der Waals surface area contributed by atoms with Crippen molar-refractivity contribution in [3.8, 4) is 0 Å². The summed E-state index contributed by atoms with van der Waals surface area (Å²) < 4.78 is 0. The summed E-state index contributed by atoms with van der Waals surface area (Å²) in [6.45, 7) is 6.72. The topological polar surface area (TPSA) is 15.3 Å². The number of halogens is 3. The molecule has 18 heavy (non-hydrogen) atoms. The molecule has 1 aliphatic heterocycles. The lowest BCUT2D eigenvalue weighted by atomic mass is 10.1. The molecule has 0 unspecified atom stereocenters. The predicted octanol–water partition coefficient (Wildman–Crippen LogP) is 3.99. The van der Waals surface area contributed by atoms with Gasteiger partial charge in [-0.3, -0.25) is 4.90 Å². The van der Waals surface area contributed by atoms with Crippen molar-refractivity contribution in [1.82, 2.24) is 10.2 Å². The van der Waals surface area contributed by atoms with Gasteiger partial charge in [-0.1, -0.05) is 24.9 Å². The van der Waals surface area contributed by atoms with Gasteiger partial charge in [0.05, 0.1) is 5.02 Å². The highest BCUT2D eigenvalue weighted by Gasteiger charge is 2.23. The molecule has 0 aromatic carbocycles. The average Bonchev–Trinajstić information content (AvgIpc) is 2.73. The largest absolute Gasteiger partial charge is 0.314 e. The van der Waals surface area contributed by atoms with Crippen molar-refractivity contribution in [3.63, 3.8) is 0 Å². The Labute approximate surface area is 131 Å². The quantitative estimate of drug-likeness (QED) is 0.897. The molecule has 1 aliphatic rings. The summed E-state index contributed by atoms with van der Waals surface area (Å²) in [5.41, 5.74) is 0. The lowest BCUT2D eigenvalue weighted by Gasteiger charge is -2.34. The molecule has 2 nitrogen and oxygen atoms in total. The molecule has 1 aromatic heterocycles. The summed E-state index contributed by atoms with van der Waals surface area (Å²) >= 11 is 8.05. The van der Waals surface area contributed by atoms with Gasteiger partial charge in [0, 0.05) is 37.1 Å². The molecule has 1 fully saturated rings. The molecule has 0 aliphatic carbocycles. The third-order valence-electron chi connectivity index (χ3n) is 3.10. The van der Waals surface area contributed by atoms with E-state index in [0.29, 0.717) is 6.04 Å². The second-order valence-corrected chi connectivity index (χ2v) is 5.58. The van der Waals surface area contributed by atoms with Crippen molar-refractivity contribution >= 4 is 47.8 Å². The molecule has 6 heteroatoms. The molecule has 2 heterocycles. The Morgan fingerprint density at radius 3 is 2.56 bits per heavy atom. The second-order valence-electron chi connectivity index (χ2n) is 4.22. The van der Waals surface area contributed by atoms with E-state index in [0.717, 1.165) is 31.2 Å². The molecule has 0 spiro atoms. The van der Waals surface area contributed by atoms with Gasteiger partial charge in [-0.2, -0.15) is 0 Å². The molecule has 0 radical (unpaired) electrons. The third kappa shape index (κ3) is 4.55. The number of hydrogen-bond acceptors (Lipinski definition) is 3. The first-order chi connectivity index (χ1) is 7.83. The fourth-order valence-electron chi connectivity index (χ4n) is 2.29. The van der Waals surface area contributed by atoms with Crippen LogP contribution in [0.4, 0.5) is 0 Å². The summed E-state index contributed by atoms with van der Waals surface area (Å²) in [5.74, 6) is 0. The maximum Gasteiger partial charge on any atom is 0.0561 e. The highest BCUT2D eigenvalue weighted by molar-refractivity contribution is 7.10. The summed E-state index contributed by atoms with van der Waals surface area (Å²) in [7, 11) is 0. The van der Waals surface area contributed by atoms with E-state index in [2.05, 4.69) is 22.5 Å². The van der Waals surface area contributed by atoms with Crippen molar-refractivity contribution in [2.75, 3.05) is 26.2 Å². The molecule has 1 saturated heterocycles. The Bertz CT molecular complexity index is 327. The zero-order valence-corrected chi connectivity index (χ0v) is 13.7. The van der Waals surface area contributed by atoms with Crippen molar-refractivity contribution in [1.29, 1.82) is 0 Å². The van der Waals surface area contributed by atoms with Gasteiger partial charge in [-0.05, 0) is 17.9 Å². The van der Waals surface area contributed by atoms with Gasteiger partial charge in [0.25, 0.3) is 0 Å². The summed E-state index contributed by atoms with van der Waals surface area (Å²) in [6.07, 6.45) is 2.42. The van der Waals surface area contributed by atoms with Crippen LogP contribution in [0.1, 0.15) is 30.7 Å². The number of nitrogens with zero attached hydrogens (tertiary/aromatic N) is 1. The Balaban J connectivity index is 0.00000144.